The Hall–Kier alpha value is -1.22. The van der Waals surface area contributed by atoms with Crippen LogP contribution in [0.3, 0.4) is 0 Å². The summed E-state index contributed by atoms with van der Waals surface area (Å²) in [6.45, 7) is 3.37. The van der Waals surface area contributed by atoms with Crippen molar-refractivity contribution >= 4 is 57.7 Å². The highest BCUT2D eigenvalue weighted by Crippen LogP contribution is 2.43. The molecule has 0 amide bonds. The molecule has 9 N–H and O–H groups in total. The largest absolute Gasteiger partial charge is 0.396 e. The standard InChI is InChI=1S/C7H11IN6/c1-13-6-5(11)3(9)2(8)4(10)7(6)14-12/h14H,1,9-12H2. The van der Waals surface area contributed by atoms with Gasteiger partial charge in [-0.1, -0.05) is 0 Å². The van der Waals surface area contributed by atoms with Crippen molar-refractivity contribution in [3.63, 3.8) is 0 Å². The van der Waals surface area contributed by atoms with Crippen LogP contribution >= 0.6 is 22.6 Å². The van der Waals surface area contributed by atoms with Crippen molar-refractivity contribution in [1.82, 2.24) is 0 Å². The van der Waals surface area contributed by atoms with Gasteiger partial charge in [0.05, 0.1) is 20.6 Å². The average Bonchev–Trinajstić information content (AvgIpc) is 2.20. The minimum Gasteiger partial charge on any atom is -0.396 e. The molecule has 0 spiro atoms. The van der Waals surface area contributed by atoms with Gasteiger partial charge in [0.2, 0.25) is 0 Å². The predicted octanol–water partition coefficient (Wildman–Crippen LogP) is 0.656. The molecule has 7 heteroatoms. The summed E-state index contributed by atoms with van der Waals surface area (Å²) >= 11 is 1.99. The van der Waals surface area contributed by atoms with E-state index in [1.165, 1.54) is 0 Å². The van der Waals surface area contributed by atoms with Gasteiger partial charge >= 0.3 is 0 Å². The quantitative estimate of drug-likeness (QED) is 0.180. The second-order valence-corrected chi connectivity index (χ2v) is 3.66. The molecule has 6 nitrogen and oxygen atoms in total. The van der Waals surface area contributed by atoms with Gasteiger partial charge in [-0.05, 0) is 29.3 Å². The summed E-state index contributed by atoms with van der Waals surface area (Å²) in [5, 5.41) is 0. The van der Waals surface area contributed by atoms with Crippen LogP contribution in [-0.4, -0.2) is 6.72 Å². The molecule has 0 fully saturated rings. The molecule has 0 atom stereocenters. The first-order valence-electron chi connectivity index (χ1n) is 3.63. The average molecular weight is 306 g/mol. The summed E-state index contributed by atoms with van der Waals surface area (Å²) < 4.78 is 0.653. The third-order valence-corrected chi connectivity index (χ3v) is 2.99. The first-order valence-corrected chi connectivity index (χ1v) is 4.71. The maximum Gasteiger partial charge on any atom is 0.114 e. The lowest BCUT2D eigenvalue weighted by molar-refractivity contribution is 1.34. The van der Waals surface area contributed by atoms with Gasteiger partial charge in [-0.2, -0.15) is 0 Å². The zero-order chi connectivity index (χ0) is 10.9. The maximum atomic E-state index is 5.77. The second kappa shape index (κ2) is 3.88. The zero-order valence-electron chi connectivity index (χ0n) is 7.34. The molecule has 0 saturated heterocycles. The Morgan fingerprint density at radius 3 is 2.14 bits per heavy atom. The minimum atomic E-state index is 0.326. The number of nitrogens with two attached hydrogens (primary N) is 4. The van der Waals surface area contributed by atoms with E-state index in [4.69, 9.17) is 23.0 Å². The van der Waals surface area contributed by atoms with Gasteiger partial charge in [0.25, 0.3) is 0 Å². The van der Waals surface area contributed by atoms with Crippen molar-refractivity contribution in [2.24, 2.45) is 10.8 Å². The number of aliphatic imine (C=N–C) groups is 1. The molecule has 0 aromatic heterocycles. The molecule has 1 aromatic rings. The van der Waals surface area contributed by atoms with E-state index in [1.807, 2.05) is 22.6 Å². The van der Waals surface area contributed by atoms with Crippen LogP contribution in [0.15, 0.2) is 4.99 Å². The molecular formula is C7H11IN6. The third kappa shape index (κ3) is 1.44. The second-order valence-electron chi connectivity index (χ2n) is 2.58. The number of hydrazine groups is 1. The maximum absolute atomic E-state index is 5.77. The lowest BCUT2D eigenvalue weighted by atomic mass is 10.1. The normalized spacial score (nSPS) is 9.86. The highest BCUT2D eigenvalue weighted by atomic mass is 127. The van der Waals surface area contributed by atoms with E-state index in [9.17, 15) is 0 Å². The predicted molar refractivity (Wildman–Crippen MR) is 69.4 cm³/mol. The van der Waals surface area contributed by atoms with E-state index in [1.54, 1.807) is 0 Å². The third-order valence-electron chi connectivity index (χ3n) is 1.83. The summed E-state index contributed by atoms with van der Waals surface area (Å²) in [4.78, 5) is 3.72. The SMILES string of the molecule is C=Nc1c(N)c(N)c(I)c(N)c1NN. The number of halogens is 1. The van der Waals surface area contributed by atoms with E-state index >= 15 is 0 Å². The minimum absolute atomic E-state index is 0.326. The van der Waals surface area contributed by atoms with Crippen LogP contribution in [0.2, 0.25) is 0 Å². The molecule has 0 unspecified atom stereocenters. The van der Waals surface area contributed by atoms with Crippen molar-refractivity contribution in [3.05, 3.63) is 3.57 Å². The molecule has 0 bridgehead atoms. The van der Waals surface area contributed by atoms with Crippen LogP contribution in [0.5, 0.6) is 0 Å². The van der Waals surface area contributed by atoms with E-state index in [-0.39, 0.29) is 0 Å². The fourth-order valence-corrected chi connectivity index (χ4v) is 1.63. The first kappa shape index (κ1) is 10.9. The summed E-state index contributed by atoms with van der Waals surface area (Å²) in [5.41, 5.74) is 21.6. The van der Waals surface area contributed by atoms with E-state index in [2.05, 4.69) is 17.1 Å². The molecule has 76 valence electrons. The molecule has 0 aliphatic rings. The molecule has 14 heavy (non-hydrogen) atoms. The number of nitrogen functional groups attached to an aromatic ring is 4. The van der Waals surface area contributed by atoms with Crippen molar-refractivity contribution in [1.29, 1.82) is 0 Å². The van der Waals surface area contributed by atoms with Gasteiger partial charge < -0.3 is 22.6 Å². The van der Waals surface area contributed by atoms with Crippen molar-refractivity contribution < 1.29 is 0 Å². The Labute approximate surface area is 94.8 Å². The molecule has 0 aliphatic carbocycles. The molecule has 0 radical (unpaired) electrons. The number of benzene rings is 1. The van der Waals surface area contributed by atoms with Crippen LogP contribution < -0.4 is 28.5 Å². The topological polar surface area (TPSA) is 128 Å². The summed E-state index contributed by atoms with van der Waals surface area (Å²) in [7, 11) is 0. The van der Waals surface area contributed by atoms with Crippen LogP contribution in [0.1, 0.15) is 0 Å². The number of nitrogens with zero attached hydrogens (tertiary/aromatic N) is 1. The monoisotopic (exact) mass is 306 g/mol. The van der Waals surface area contributed by atoms with Crippen molar-refractivity contribution in [2.45, 2.75) is 0 Å². The summed E-state index contributed by atoms with van der Waals surface area (Å²) in [5.74, 6) is 5.30. The number of anilines is 4. The van der Waals surface area contributed by atoms with Crippen LogP contribution in [0.25, 0.3) is 0 Å². The summed E-state index contributed by atoms with van der Waals surface area (Å²) in [6.07, 6.45) is 0. The molecule has 0 aliphatic heterocycles. The molecule has 0 saturated carbocycles. The van der Waals surface area contributed by atoms with E-state index in [0.717, 1.165) is 0 Å². The van der Waals surface area contributed by atoms with Gasteiger partial charge in [-0.3, -0.25) is 10.8 Å². The highest BCUT2D eigenvalue weighted by molar-refractivity contribution is 14.1. The van der Waals surface area contributed by atoms with Crippen molar-refractivity contribution in [2.75, 3.05) is 22.6 Å². The highest BCUT2D eigenvalue weighted by Gasteiger charge is 2.16. The van der Waals surface area contributed by atoms with Gasteiger partial charge in [-0.25, -0.2) is 0 Å². The zero-order valence-corrected chi connectivity index (χ0v) is 9.50. The Morgan fingerprint density at radius 2 is 1.71 bits per heavy atom. The Balaban J connectivity index is 3.65. The number of hydrogen-bond donors (Lipinski definition) is 5. The first-order chi connectivity index (χ1) is 6.54. The van der Waals surface area contributed by atoms with Crippen LogP contribution in [-0.2, 0) is 0 Å². The fourth-order valence-electron chi connectivity index (χ4n) is 1.07. The van der Waals surface area contributed by atoms with E-state index in [0.29, 0.717) is 32.0 Å². The smallest absolute Gasteiger partial charge is 0.114 e. The van der Waals surface area contributed by atoms with Gasteiger partial charge in [-0.15, -0.1) is 0 Å². The number of rotatable bonds is 2. The lowest BCUT2D eigenvalue weighted by Crippen LogP contribution is -2.12. The Bertz CT molecular complexity index is 389. The fraction of sp³-hybridized carbons (Fsp3) is 0. The van der Waals surface area contributed by atoms with E-state index < -0.39 is 0 Å². The number of hydrogen-bond acceptors (Lipinski definition) is 6. The Kier molecular flexibility index (Phi) is 3.01. The van der Waals surface area contributed by atoms with Crippen molar-refractivity contribution in [3.8, 4) is 0 Å². The van der Waals surface area contributed by atoms with Gasteiger partial charge in [0.1, 0.15) is 11.4 Å². The lowest BCUT2D eigenvalue weighted by Gasteiger charge is -2.15. The number of nitrogens with one attached hydrogen (secondary N) is 1. The van der Waals surface area contributed by atoms with Crippen LogP contribution in [0.4, 0.5) is 28.4 Å². The van der Waals surface area contributed by atoms with Crippen LogP contribution in [0, 0.1) is 3.57 Å². The molecule has 1 aromatic carbocycles. The summed E-state index contributed by atoms with van der Waals surface area (Å²) in [6, 6.07) is 0. The van der Waals surface area contributed by atoms with Gasteiger partial charge in [0.15, 0.2) is 0 Å². The molecule has 0 heterocycles. The Morgan fingerprint density at radius 1 is 1.14 bits per heavy atom. The van der Waals surface area contributed by atoms with Gasteiger partial charge in [0, 0.05) is 0 Å². The molecular weight excluding hydrogens is 295 g/mol. The molecule has 1 rings (SSSR count).